The van der Waals surface area contributed by atoms with Gasteiger partial charge < -0.3 is 5.73 Å². The maximum Gasteiger partial charge on any atom is 0.0488 e. The van der Waals surface area contributed by atoms with Crippen LogP contribution < -0.4 is 5.73 Å². The first-order valence-electron chi connectivity index (χ1n) is 6.33. The van der Waals surface area contributed by atoms with Gasteiger partial charge in [-0.25, -0.2) is 0 Å². The first-order valence-corrected chi connectivity index (χ1v) is 7.71. The summed E-state index contributed by atoms with van der Waals surface area (Å²) in [6, 6.07) is 8.31. The highest BCUT2D eigenvalue weighted by atomic mass is 32.2. The van der Waals surface area contributed by atoms with Gasteiger partial charge in [0.1, 0.15) is 0 Å². The molecule has 3 unspecified atom stereocenters. The van der Waals surface area contributed by atoms with Crippen molar-refractivity contribution in [3.8, 4) is 0 Å². The van der Waals surface area contributed by atoms with Crippen molar-refractivity contribution in [2.45, 2.75) is 37.2 Å². The molecule has 0 aromatic heterocycles. The highest BCUT2D eigenvalue weighted by Gasteiger charge is 2.30. The molecule has 1 saturated carbocycles. The lowest BCUT2D eigenvalue weighted by Gasteiger charge is -2.17. The smallest absolute Gasteiger partial charge is 0.0488 e. The Bertz CT molecular complexity index is 405. The Labute approximate surface area is 106 Å². The van der Waals surface area contributed by atoms with Gasteiger partial charge in [0, 0.05) is 21.8 Å². The number of hydrogen-bond donors (Lipinski definition) is 1. The Hall–Kier alpha value is -0.670. The number of benzene rings is 1. The lowest BCUT2D eigenvalue weighted by atomic mass is 10.1. The van der Waals surface area contributed by atoms with Crippen LogP contribution in [0.15, 0.2) is 24.3 Å². The van der Waals surface area contributed by atoms with Crippen molar-refractivity contribution in [3.63, 3.8) is 0 Å². The minimum atomic E-state index is -0.765. The second kappa shape index (κ2) is 5.78. The van der Waals surface area contributed by atoms with Crippen molar-refractivity contribution >= 4 is 10.8 Å². The van der Waals surface area contributed by atoms with Crippen molar-refractivity contribution in [2.75, 3.05) is 6.54 Å². The van der Waals surface area contributed by atoms with Gasteiger partial charge in [0.25, 0.3) is 0 Å². The Balaban J connectivity index is 2.01. The van der Waals surface area contributed by atoms with Crippen molar-refractivity contribution in [1.82, 2.24) is 0 Å². The zero-order valence-corrected chi connectivity index (χ0v) is 11.2. The summed E-state index contributed by atoms with van der Waals surface area (Å²) >= 11 is 0. The third kappa shape index (κ3) is 3.17. The Kier molecular flexibility index (Phi) is 4.35. The predicted octanol–water partition coefficient (Wildman–Crippen LogP) is 2.37. The summed E-state index contributed by atoms with van der Waals surface area (Å²) in [5, 5.41) is 0.320. The number of hydrogen-bond acceptors (Lipinski definition) is 2. The average molecular weight is 251 g/mol. The van der Waals surface area contributed by atoms with Gasteiger partial charge in [-0.2, -0.15) is 0 Å². The maximum atomic E-state index is 12.4. The molecule has 17 heavy (non-hydrogen) atoms. The average Bonchev–Trinajstić information content (AvgIpc) is 2.77. The molecule has 1 aromatic rings. The molecule has 2 N–H and O–H groups in total. The summed E-state index contributed by atoms with van der Waals surface area (Å²) in [5.41, 5.74) is 8.17. The summed E-state index contributed by atoms with van der Waals surface area (Å²) in [5.74, 6) is 1.16. The Morgan fingerprint density at radius 3 is 2.94 bits per heavy atom. The van der Waals surface area contributed by atoms with Crippen LogP contribution in [0.2, 0.25) is 0 Å². The van der Waals surface area contributed by atoms with Crippen LogP contribution in [-0.4, -0.2) is 16.0 Å². The second-order valence-corrected chi connectivity index (χ2v) is 6.63. The van der Waals surface area contributed by atoms with E-state index in [1.54, 1.807) is 0 Å². The van der Waals surface area contributed by atoms with E-state index in [4.69, 9.17) is 5.73 Å². The quantitative estimate of drug-likeness (QED) is 0.892. The van der Waals surface area contributed by atoms with Gasteiger partial charge >= 0.3 is 0 Å². The van der Waals surface area contributed by atoms with Crippen molar-refractivity contribution in [1.29, 1.82) is 0 Å². The largest absolute Gasteiger partial charge is 0.330 e. The van der Waals surface area contributed by atoms with Gasteiger partial charge in [-0.15, -0.1) is 0 Å². The minimum absolute atomic E-state index is 0.320. The van der Waals surface area contributed by atoms with Gasteiger partial charge in [-0.1, -0.05) is 36.2 Å². The highest BCUT2D eigenvalue weighted by Crippen LogP contribution is 2.30. The molecule has 1 aliphatic carbocycles. The first-order chi connectivity index (χ1) is 8.20. The molecule has 0 amide bonds. The topological polar surface area (TPSA) is 43.1 Å². The lowest BCUT2D eigenvalue weighted by molar-refractivity contribution is 0.557. The number of rotatable bonds is 4. The van der Waals surface area contributed by atoms with E-state index in [1.165, 1.54) is 17.5 Å². The predicted molar refractivity (Wildman–Crippen MR) is 73.2 cm³/mol. The molecule has 3 atom stereocenters. The summed E-state index contributed by atoms with van der Waals surface area (Å²) in [4.78, 5) is 0. The molecular formula is C14H21NOS. The summed E-state index contributed by atoms with van der Waals surface area (Å²) in [6.45, 7) is 2.76. The van der Waals surface area contributed by atoms with Crippen LogP contribution in [0, 0.1) is 12.8 Å². The zero-order chi connectivity index (χ0) is 12.3. The third-order valence-corrected chi connectivity index (χ3v) is 5.53. The van der Waals surface area contributed by atoms with E-state index in [-0.39, 0.29) is 0 Å². The fourth-order valence-corrected chi connectivity index (χ4v) is 4.52. The van der Waals surface area contributed by atoms with E-state index in [0.717, 1.165) is 12.8 Å². The summed E-state index contributed by atoms with van der Waals surface area (Å²) in [7, 11) is -0.765. The first kappa shape index (κ1) is 12.8. The Morgan fingerprint density at radius 2 is 2.24 bits per heavy atom. The number of aryl methyl sites for hydroxylation is 1. The van der Waals surface area contributed by atoms with Gasteiger partial charge in [0.05, 0.1) is 0 Å². The molecule has 0 bridgehead atoms. The lowest BCUT2D eigenvalue weighted by Crippen LogP contribution is -2.27. The Morgan fingerprint density at radius 1 is 1.41 bits per heavy atom. The molecule has 0 spiro atoms. The van der Waals surface area contributed by atoms with Crippen LogP contribution in [0.4, 0.5) is 0 Å². The fraction of sp³-hybridized carbons (Fsp3) is 0.571. The highest BCUT2D eigenvalue weighted by molar-refractivity contribution is 7.84. The van der Waals surface area contributed by atoms with E-state index >= 15 is 0 Å². The molecule has 0 saturated heterocycles. The van der Waals surface area contributed by atoms with E-state index in [2.05, 4.69) is 25.1 Å². The molecule has 0 radical (unpaired) electrons. The van der Waals surface area contributed by atoms with Crippen molar-refractivity contribution in [2.24, 2.45) is 11.7 Å². The van der Waals surface area contributed by atoms with Crippen LogP contribution in [0.25, 0.3) is 0 Å². The van der Waals surface area contributed by atoms with Gasteiger partial charge in [0.2, 0.25) is 0 Å². The number of nitrogens with two attached hydrogens (primary N) is 1. The molecule has 94 valence electrons. The van der Waals surface area contributed by atoms with E-state index in [9.17, 15) is 4.21 Å². The zero-order valence-electron chi connectivity index (χ0n) is 10.4. The van der Waals surface area contributed by atoms with E-state index in [1.807, 2.05) is 6.07 Å². The maximum absolute atomic E-state index is 12.4. The SMILES string of the molecule is Cc1cccc(CS(=O)C2CCCC2CN)c1. The molecule has 0 aliphatic heterocycles. The molecule has 0 heterocycles. The summed E-state index contributed by atoms with van der Waals surface area (Å²) < 4.78 is 12.4. The van der Waals surface area contributed by atoms with Crippen LogP contribution in [0.1, 0.15) is 30.4 Å². The van der Waals surface area contributed by atoms with Crippen LogP contribution in [0.3, 0.4) is 0 Å². The third-order valence-electron chi connectivity index (χ3n) is 3.62. The van der Waals surface area contributed by atoms with Gasteiger partial charge in [-0.05, 0) is 37.8 Å². The van der Waals surface area contributed by atoms with Crippen LogP contribution in [-0.2, 0) is 16.6 Å². The van der Waals surface area contributed by atoms with E-state index in [0.29, 0.717) is 23.5 Å². The molecule has 1 aliphatic rings. The molecular weight excluding hydrogens is 230 g/mol. The minimum Gasteiger partial charge on any atom is -0.330 e. The molecule has 3 heteroatoms. The monoisotopic (exact) mass is 251 g/mol. The normalized spacial score (nSPS) is 26.0. The van der Waals surface area contributed by atoms with Crippen molar-refractivity contribution < 1.29 is 4.21 Å². The van der Waals surface area contributed by atoms with Crippen LogP contribution in [0.5, 0.6) is 0 Å². The summed E-state index contributed by atoms with van der Waals surface area (Å²) in [6.07, 6.45) is 3.42. The molecule has 2 nitrogen and oxygen atoms in total. The second-order valence-electron chi connectivity index (χ2n) is 4.98. The standard InChI is InChI=1S/C14H21NOS/c1-11-4-2-5-12(8-11)10-17(16)14-7-3-6-13(14)9-15/h2,4-5,8,13-14H,3,6-7,9-10,15H2,1H3. The molecule has 2 rings (SSSR count). The molecule has 1 fully saturated rings. The van der Waals surface area contributed by atoms with Gasteiger partial charge in [0.15, 0.2) is 0 Å². The van der Waals surface area contributed by atoms with Crippen molar-refractivity contribution in [3.05, 3.63) is 35.4 Å². The molecule has 1 aromatic carbocycles. The van der Waals surface area contributed by atoms with Crippen LogP contribution >= 0.6 is 0 Å². The van der Waals surface area contributed by atoms with E-state index < -0.39 is 10.8 Å². The fourth-order valence-electron chi connectivity index (χ4n) is 2.69. The van der Waals surface area contributed by atoms with Gasteiger partial charge in [-0.3, -0.25) is 4.21 Å².